The summed E-state index contributed by atoms with van der Waals surface area (Å²) in [6, 6.07) is 26.2. The van der Waals surface area contributed by atoms with Crippen LogP contribution in [0.15, 0.2) is 96.1 Å². The lowest BCUT2D eigenvalue weighted by molar-refractivity contribution is -0.659. The van der Waals surface area contributed by atoms with Crippen molar-refractivity contribution in [1.82, 2.24) is 0 Å². The summed E-state index contributed by atoms with van der Waals surface area (Å²) in [5.74, 6) is -0.505. The highest BCUT2D eigenvalue weighted by Crippen LogP contribution is 2.21. The Bertz CT molecular complexity index is 1330. The van der Waals surface area contributed by atoms with Gasteiger partial charge in [-0.2, -0.15) is 4.57 Å². The quantitative estimate of drug-likeness (QED) is 0.0836. The summed E-state index contributed by atoms with van der Waals surface area (Å²) in [6.07, 6.45) is 0. The van der Waals surface area contributed by atoms with Crippen molar-refractivity contribution in [2.45, 2.75) is 6.54 Å². The molecule has 3 aromatic carbocycles. The molecule has 0 radical (unpaired) electrons. The van der Waals surface area contributed by atoms with E-state index in [2.05, 4.69) is 10.0 Å². The molecule has 150 valence electrons. The van der Waals surface area contributed by atoms with Crippen LogP contribution in [0, 0.1) is 0 Å². The molecule has 4 aromatic rings. The van der Waals surface area contributed by atoms with Gasteiger partial charge in [-0.05, 0) is 29.8 Å². The standard InChI is InChI=1S/C24H17N4O3/c25-27-26-19-10-6-11-20(15-19)31-24(30)22-14-13-17-7-4-5-12-21(17)28(22)16-23(29)18-8-2-1-3-9-18/h1-15H,16H2/q+1. The molecule has 0 amide bonds. The van der Waals surface area contributed by atoms with Gasteiger partial charge in [-0.1, -0.05) is 59.7 Å². The van der Waals surface area contributed by atoms with Crippen LogP contribution in [0.2, 0.25) is 0 Å². The third-order valence-electron chi connectivity index (χ3n) is 4.73. The van der Waals surface area contributed by atoms with Crippen molar-refractivity contribution < 1.29 is 18.9 Å². The molecule has 0 saturated heterocycles. The summed E-state index contributed by atoms with van der Waals surface area (Å²) in [5.41, 5.74) is 10.5. The molecule has 31 heavy (non-hydrogen) atoms. The van der Waals surface area contributed by atoms with Crippen LogP contribution in [0.25, 0.3) is 21.3 Å². The second-order valence-electron chi connectivity index (χ2n) is 6.73. The van der Waals surface area contributed by atoms with Crippen LogP contribution in [0.4, 0.5) is 5.69 Å². The molecule has 0 fully saturated rings. The van der Waals surface area contributed by atoms with Gasteiger partial charge in [-0.15, -0.1) is 0 Å². The molecule has 7 nitrogen and oxygen atoms in total. The van der Waals surface area contributed by atoms with E-state index < -0.39 is 5.97 Å². The third-order valence-corrected chi connectivity index (χ3v) is 4.73. The van der Waals surface area contributed by atoms with E-state index in [-0.39, 0.29) is 23.8 Å². The van der Waals surface area contributed by atoms with E-state index in [1.807, 2.05) is 36.4 Å². The van der Waals surface area contributed by atoms with Gasteiger partial charge < -0.3 is 4.74 Å². The fourth-order valence-corrected chi connectivity index (χ4v) is 3.29. The van der Waals surface area contributed by atoms with Gasteiger partial charge in [-0.3, -0.25) is 4.79 Å². The molecule has 0 bridgehead atoms. The monoisotopic (exact) mass is 409 g/mol. The van der Waals surface area contributed by atoms with Crippen LogP contribution in [0.1, 0.15) is 20.8 Å². The van der Waals surface area contributed by atoms with E-state index in [4.69, 9.17) is 10.3 Å². The largest absolute Gasteiger partial charge is 0.419 e. The number of para-hydroxylation sites is 1. The first kappa shape index (κ1) is 19.8. The number of esters is 1. The van der Waals surface area contributed by atoms with Crippen LogP contribution in [-0.4, -0.2) is 11.8 Å². The van der Waals surface area contributed by atoms with Crippen molar-refractivity contribution in [1.29, 1.82) is 0 Å². The minimum absolute atomic E-state index is 0.0193. The van der Waals surface area contributed by atoms with Crippen molar-refractivity contribution >= 4 is 28.3 Å². The lowest BCUT2D eigenvalue weighted by Gasteiger charge is -2.08. The first-order chi connectivity index (χ1) is 15.2. The number of aromatic nitrogens is 1. The summed E-state index contributed by atoms with van der Waals surface area (Å²) in [7, 11) is 0. The van der Waals surface area contributed by atoms with Crippen molar-refractivity contribution in [3.8, 4) is 5.75 Å². The van der Waals surface area contributed by atoms with Gasteiger partial charge >= 0.3 is 5.97 Å². The average Bonchev–Trinajstić information content (AvgIpc) is 2.80. The average molecular weight is 409 g/mol. The Labute approximate surface area is 177 Å². The predicted molar refractivity (Wildman–Crippen MR) is 115 cm³/mol. The number of ether oxygens (including phenoxy) is 1. The summed E-state index contributed by atoms with van der Waals surface area (Å²) in [5, 5.41) is 4.41. The normalized spacial score (nSPS) is 10.3. The second kappa shape index (κ2) is 8.90. The number of pyridine rings is 1. The molecular formula is C24H17N4O3+. The Balaban J connectivity index is 1.72. The number of hydrogen-bond donors (Lipinski definition) is 0. The Morgan fingerprint density at radius 3 is 2.48 bits per heavy atom. The summed E-state index contributed by atoms with van der Waals surface area (Å²) in [6.45, 7) is -0.0193. The summed E-state index contributed by atoms with van der Waals surface area (Å²) < 4.78 is 7.17. The van der Waals surface area contributed by atoms with Crippen LogP contribution in [-0.2, 0) is 6.54 Å². The van der Waals surface area contributed by atoms with Crippen LogP contribution >= 0.6 is 0 Å². The number of benzene rings is 3. The molecule has 4 rings (SSSR count). The Kier molecular flexibility index (Phi) is 5.69. The van der Waals surface area contributed by atoms with E-state index in [1.165, 1.54) is 6.07 Å². The molecule has 1 aromatic heterocycles. The summed E-state index contributed by atoms with van der Waals surface area (Å²) in [4.78, 5) is 28.6. The number of rotatable bonds is 6. The molecule has 0 N–H and O–H groups in total. The van der Waals surface area contributed by atoms with Crippen molar-refractivity contribution in [3.63, 3.8) is 0 Å². The van der Waals surface area contributed by atoms with Gasteiger partial charge in [0.05, 0.1) is 0 Å². The first-order valence-electron chi connectivity index (χ1n) is 9.53. The molecule has 0 aliphatic carbocycles. The number of carbonyl (C=O) groups excluding carboxylic acids is 2. The van der Waals surface area contributed by atoms with Gasteiger partial charge in [0, 0.05) is 33.7 Å². The molecule has 0 unspecified atom stereocenters. The Morgan fingerprint density at radius 2 is 1.68 bits per heavy atom. The smallest absolute Gasteiger partial charge is 0.409 e. The Hall–Kier alpha value is -4.48. The molecule has 0 saturated carbocycles. The fraction of sp³-hybridized carbons (Fsp3) is 0.0417. The topological polar surface area (TPSA) is 96.0 Å². The maximum Gasteiger partial charge on any atom is 0.409 e. The number of nitrogens with zero attached hydrogens (tertiary/aromatic N) is 4. The predicted octanol–water partition coefficient (Wildman–Crippen LogP) is 5.17. The highest BCUT2D eigenvalue weighted by Gasteiger charge is 2.26. The lowest BCUT2D eigenvalue weighted by atomic mass is 10.1. The highest BCUT2D eigenvalue weighted by atomic mass is 16.5. The molecule has 0 aliphatic heterocycles. The van der Waals surface area contributed by atoms with Crippen molar-refractivity contribution in [3.05, 3.63) is 113 Å². The van der Waals surface area contributed by atoms with Gasteiger partial charge in [0.25, 0.3) is 5.69 Å². The van der Waals surface area contributed by atoms with E-state index in [0.29, 0.717) is 11.3 Å². The number of carbonyl (C=O) groups is 2. The van der Waals surface area contributed by atoms with Crippen molar-refractivity contribution in [2.24, 2.45) is 5.11 Å². The molecule has 0 atom stereocenters. The molecule has 1 heterocycles. The van der Waals surface area contributed by atoms with E-state index >= 15 is 0 Å². The van der Waals surface area contributed by atoms with E-state index in [0.717, 1.165) is 10.9 Å². The number of ketones is 1. The maximum absolute atomic E-state index is 13.0. The zero-order chi connectivity index (χ0) is 21.6. The molecular weight excluding hydrogens is 392 g/mol. The fourth-order valence-electron chi connectivity index (χ4n) is 3.29. The summed E-state index contributed by atoms with van der Waals surface area (Å²) >= 11 is 0. The van der Waals surface area contributed by atoms with Crippen LogP contribution in [0.5, 0.6) is 5.75 Å². The zero-order valence-corrected chi connectivity index (χ0v) is 16.4. The molecule has 0 spiro atoms. The van der Waals surface area contributed by atoms with Crippen LogP contribution in [0.3, 0.4) is 0 Å². The zero-order valence-electron chi connectivity index (χ0n) is 16.4. The maximum atomic E-state index is 13.0. The van der Waals surface area contributed by atoms with Gasteiger partial charge in [0.2, 0.25) is 17.8 Å². The SMILES string of the molecule is [N-]=[N+]=Nc1cccc(OC(=O)c2ccc3ccccc3[n+]2CC(=O)c2ccccc2)c1. The first-order valence-corrected chi connectivity index (χ1v) is 9.53. The Morgan fingerprint density at radius 1 is 0.903 bits per heavy atom. The van der Waals surface area contributed by atoms with Gasteiger partial charge in [0.1, 0.15) is 5.75 Å². The highest BCUT2D eigenvalue weighted by molar-refractivity contribution is 5.96. The lowest BCUT2D eigenvalue weighted by Crippen LogP contribution is -2.45. The minimum Gasteiger partial charge on any atom is -0.419 e. The van der Waals surface area contributed by atoms with Gasteiger partial charge in [0.15, 0.2) is 0 Å². The number of hydrogen-bond acceptors (Lipinski definition) is 4. The molecule has 0 aliphatic rings. The van der Waals surface area contributed by atoms with E-state index in [1.54, 1.807) is 53.1 Å². The van der Waals surface area contributed by atoms with Crippen molar-refractivity contribution in [2.75, 3.05) is 0 Å². The van der Waals surface area contributed by atoms with Crippen LogP contribution < -0.4 is 9.30 Å². The minimum atomic E-state index is -0.621. The third kappa shape index (κ3) is 4.42. The molecule has 7 heteroatoms. The van der Waals surface area contributed by atoms with E-state index in [9.17, 15) is 9.59 Å². The van der Waals surface area contributed by atoms with Gasteiger partial charge in [-0.25, -0.2) is 4.79 Å². The number of fused-ring (bicyclic) bond motifs is 1. The second-order valence-corrected chi connectivity index (χ2v) is 6.73. The number of Topliss-reactive ketones (excluding diaryl/α,β-unsaturated/α-hetero) is 1. The number of azide groups is 1.